The van der Waals surface area contributed by atoms with Gasteiger partial charge in [0.15, 0.2) is 0 Å². The fourth-order valence-electron chi connectivity index (χ4n) is 1.70. The number of hydrogen-bond acceptors (Lipinski definition) is 5. The summed E-state index contributed by atoms with van der Waals surface area (Å²) in [5.41, 5.74) is 1.06. The number of ether oxygens (including phenoxy) is 1. The number of methoxy groups -OCH3 is 1. The van der Waals surface area contributed by atoms with E-state index in [2.05, 4.69) is 15.3 Å². The molecule has 0 bridgehead atoms. The van der Waals surface area contributed by atoms with E-state index in [9.17, 15) is 0 Å². The summed E-state index contributed by atoms with van der Waals surface area (Å²) < 4.78 is 5.15. The SMILES string of the molecule is CNc1nc(C)nc(Sc2ccc(OC)cc2)c1C. The zero-order valence-electron chi connectivity index (χ0n) is 11.5. The van der Waals surface area contributed by atoms with E-state index in [0.717, 1.165) is 32.9 Å². The second-order valence-electron chi connectivity index (χ2n) is 4.08. The quantitative estimate of drug-likeness (QED) is 0.868. The molecule has 0 saturated heterocycles. The first-order chi connectivity index (χ1) is 9.13. The Balaban J connectivity index is 2.29. The third-order valence-corrected chi connectivity index (χ3v) is 3.82. The average Bonchev–Trinajstić information content (AvgIpc) is 2.43. The maximum atomic E-state index is 5.15. The van der Waals surface area contributed by atoms with Gasteiger partial charge in [-0.1, -0.05) is 11.8 Å². The maximum absolute atomic E-state index is 5.15. The van der Waals surface area contributed by atoms with E-state index < -0.39 is 0 Å². The Hall–Kier alpha value is -1.75. The van der Waals surface area contributed by atoms with Gasteiger partial charge < -0.3 is 10.1 Å². The van der Waals surface area contributed by atoms with Crippen LogP contribution in [0.2, 0.25) is 0 Å². The molecule has 1 aromatic heterocycles. The van der Waals surface area contributed by atoms with E-state index in [1.807, 2.05) is 45.2 Å². The van der Waals surface area contributed by atoms with Crippen molar-refractivity contribution in [3.8, 4) is 5.75 Å². The van der Waals surface area contributed by atoms with Gasteiger partial charge >= 0.3 is 0 Å². The van der Waals surface area contributed by atoms with Crippen LogP contribution in [0.25, 0.3) is 0 Å². The normalized spacial score (nSPS) is 10.3. The fourth-order valence-corrected chi connectivity index (χ4v) is 2.62. The maximum Gasteiger partial charge on any atom is 0.133 e. The molecule has 1 N–H and O–H groups in total. The summed E-state index contributed by atoms with van der Waals surface area (Å²) in [6.07, 6.45) is 0. The Kier molecular flexibility index (Phi) is 4.27. The van der Waals surface area contributed by atoms with Crippen molar-refractivity contribution in [2.75, 3.05) is 19.5 Å². The first kappa shape index (κ1) is 13.7. The number of rotatable bonds is 4. The average molecular weight is 275 g/mol. The van der Waals surface area contributed by atoms with E-state index in [4.69, 9.17) is 4.74 Å². The van der Waals surface area contributed by atoms with Crippen molar-refractivity contribution >= 4 is 17.6 Å². The van der Waals surface area contributed by atoms with Gasteiger partial charge in [-0.25, -0.2) is 9.97 Å². The smallest absolute Gasteiger partial charge is 0.133 e. The molecule has 1 aromatic carbocycles. The van der Waals surface area contributed by atoms with E-state index in [-0.39, 0.29) is 0 Å². The second kappa shape index (κ2) is 5.93. The molecule has 0 aliphatic heterocycles. The topological polar surface area (TPSA) is 47.0 Å². The van der Waals surface area contributed by atoms with Crippen LogP contribution in [0.4, 0.5) is 5.82 Å². The summed E-state index contributed by atoms with van der Waals surface area (Å²) in [4.78, 5) is 9.99. The van der Waals surface area contributed by atoms with Crippen LogP contribution in [0.5, 0.6) is 5.75 Å². The highest BCUT2D eigenvalue weighted by molar-refractivity contribution is 7.99. The van der Waals surface area contributed by atoms with Crippen molar-refractivity contribution in [3.05, 3.63) is 35.7 Å². The minimum absolute atomic E-state index is 0.769. The molecule has 2 aromatic rings. The highest BCUT2D eigenvalue weighted by atomic mass is 32.2. The summed E-state index contributed by atoms with van der Waals surface area (Å²) in [7, 11) is 3.54. The van der Waals surface area contributed by atoms with Crippen LogP contribution < -0.4 is 10.1 Å². The van der Waals surface area contributed by atoms with E-state index >= 15 is 0 Å². The van der Waals surface area contributed by atoms with E-state index in [1.165, 1.54) is 0 Å². The Morgan fingerprint density at radius 3 is 2.37 bits per heavy atom. The van der Waals surface area contributed by atoms with Crippen molar-refractivity contribution in [2.24, 2.45) is 0 Å². The van der Waals surface area contributed by atoms with E-state index in [0.29, 0.717) is 0 Å². The molecule has 0 radical (unpaired) electrons. The highest BCUT2D eigenvalue weighted by Crippen LogP contribution is 2.31. The van der Waals surface area contributed by atoms with Crippen LogP contribution in [-0.4, -0.2) is 24.1 Å². The molecule has 0 aliphatic rings. The lowest BCUT2D eigenvalue weighted by Gasteiger charge is -2.10. The van der Waals surface area contributed by atoms with Gasteiger partial charge in [0.05, 0.1) is 7.11 Å². The summed E-state index contributed by atoms with van der Waals surface area (Å²) in [5, 5.41) is 4.07. The Bertz CT molecular complexity index is 570. The first-order valence-corrected chi connectivity index (χ1v) is 6.80. The monoisotopic (exact) mass is 275 g/mol. The van der Waals surface area contributed by atoms with E-state index in [1.54, 1.807) is 18.9 Å². The van der Waals surface area contributed by atoms with Gasteiger partial charge in [0.25, 0.3) is 0 Å². The molecular formula is C14H17N3OS. The van der Waals surface area contributed by atoms with Gasteiger partial charge in [-0.15, -0.1) is 0 Å². The van der Waals surface area contributed by atoms with Crippen LogP contribution in [-0.2, 0) is 0 Å². The molecule has 0 spiro atoms. The van der Waals surface area contributed by atoms with Gasteiger partial charge in [0.1, 0.15) is 22.4 Å². The molecule has 0 fully saturated rings. The van der Waals surface area contributed by atoms with Crippen molar-refractivity contribution in [1.29, 1.82) is 0 Å². The Morgan fingerprint density at radius 1 is 1.11 bits per heavy atom. The van der Waals surface area contributed by atoms with Gasteiger partial charge in [-0.3, -0.25) is 0 Å². The summed E-state index contributed by atoms with van der Waals surface area (Å²) >= 11 is 1.63. The zero-order valence-corrected chi connectivity index (χ0v) is 12.3. The molecule has 0 atom stereocenters. The number of aryl methyl sites for hydroxylation is 1. The molecule has 0 amide bonds. The molecule has 1 heterocycles. The highest BCUT2D eigenvalue weighted by Gasteiger charge is 2.09. The van der Waals surface area contributed by atoms with Crippen molar-refractivity contribution in [2.45, 2.75) is 23.8 Å². The van der Waals surface area contributed by atoms with Crippen LogP contribution in [0.3, 0.4) is 0 Å². The largest absolute Gasteiger partial charge is 0.497 e. The van der Waals surface area contributed by atoms with Gasteiger partial charge in [-0.05, 0) is 38.1 Å². The molecule has 0 unspecified atom stereocenters. The predicted octanol–water partition coefficient (Wildman–Crippen LogP) is 3.29. The molecule has 5 heteroatoms. The van der Waals surface area contributed by atoms with Gasteiger partial charge in [0.2, 0.25) is 0 Å². The number of nitrogens with one attached hydrogen (secondary N) is 1. The second-order valence-corrected chi connectivity index (χ2v) is 5.14. The van der Waals surface area contributed by atoms with Crippen molar-refractivity contribution in [3.63, 3.8) is 0 Å². The predicted molar refractivity (Wildman–Crippen MR) is 78.2 cm³/mol. The minimum atomic E-state index is 0.769. The Morgan fingerprint density at radius 2 is 1.79 bits per heavy atom. The van der Waals surface area contributed by atoms with Gasteiger partial charge in [-0.2, -0.15) is 0 Å². The lowest BCUT2D eigenvalue weighted by molar-refractivity contribution is 0.414. The molecule has 19 heavy (non-hydrogen) atoms. The lowest BCUT2D eigenvalue weighted by atomic mass is 10.3. The standard InChI is InChI=1S/C14H17N3OS/c1-9-13(15-3)16-10(2)17-14(9)19-12-7-5-11(18-4)6-8-12/h5-8H,1-4H3,(H,15,16,17). The molecule has 2 rings (SSSR count). The lowest BCUT2D eigenvalue weighted by Crippen LogP contribution is -2.01. The molecule has 0 aliphatic carbocycles. The Labute approximate surface area is 117 Å². The zero-order chi connectivity index (χ0) is 13.8. The molecular weight excluding hydrogens is 258 g/mol. The summed E-state index contributed by atoms with van der Waals surface area (Å²) in [6, 6.07) is 7.95. The molecule has 0 saturated carbocycles. The third kappa shape index (κ3) is 3.17. The minimum Gasteiger partial charge on any atom is -0.497 e. The van der Waals surface area contributed by atoms with Crippen LogP contribution >= 0.6 is 11.8 Å². The van der Waals surface area contributed by atoms with Crippen LogP contribution in [0, 0.1) is 13.8 Å². The third-order valence-electron chi connectivity index (χ3n) is 2.72. The van der Waals surface area contributed by atoms with Crippen LogP contribution in [0.1, 0.15) is 11.4 Å². The summed E-state index contributed by atoms with van der Waals surface area (Å²) in [6.45, 7) is 3.93. The van der Waals surface area contributed by atoms with Crippen molar-refractivity contribution in [1.82, 2.24) is 9.97 Å². The number of hydrogen-bond donors (Lipinski definition) is 1. The van der Waals surface area contributed by atoms with Gasteiger partial charge in [0, 0.05) is 17.5 Å². The number of anilines is 1. The fraction of sp³-hybridized carbons (Fsp3) is 0.286. The van der Waals surface area contributed by atoms with Crippen LogP contribution in [0.15, 0.2) is 34.2 Å². The van der Waals surface area contributed by atoms with Crippen molar-refractivity contribution < 1.29 is 4.74 Å². The number of nitrogens with zero attached hydrogens (tertiary/aromatic N) is 2. The number of benzene rings is 1. The molecule has 100 valence electrons. The number of aromatic nitrogens is 2. The first-order valence-electron chi connectivity index (χ1n) is 5.99. The molecule has 4 nitrogen and oxygen atoms in total. The summed E-state index contributed by atoms with van der Waals surface area (Å²) in [5.74, 6) is 2.50.